The summed E-state index contributed by atoms with van der Waals surface area (Å²) in [5.74, 6) is 1.11. The molecular formula is C20H23N5O. The van der Waals surface area contributed by atoms with Crippen molar-refractivity contribution in [2.24, 2.45) is 0 Å². The van der Waals surface area contributed by atoms with Gasteiger partial charge in [-0.2, -0.15) is 0 Å². The molecule has 0 bridgehead atoms. The van der Waals surface area contributed by atoms with Gasteiger partial charge in [-0.1, -0.05) is 0 Å². The minimum absolute atomic E-state index is 0.103. The third kappa shape index (κ3) is 3.27. The number of likely N-dealkylation sites (tertiary alicyclic amines) is 1. The van der Waals surface area contributed by atoms with Gasteiger partial charge in [0, 0.05) is 50.6 Å². The van der Waals surface area contributed by atoms with E-state index >= 15 is 0 Å². The molecule has 1 amide bonds. The third-order valence-electron chi connectivity index (χ3n) is 5.09. The summed E-state index contributed by atoms with van der Waals surface area (Å²) in [5, 5.41) is 0. The van der Waals surface area contributed by atoms with Gasteiger partial charge in [0.05, 0.1) is 6.04 Å². The van der Waals surface area contributed by atoms with Crippen molar-refractivity contribution in [1.29, 1.82) is 0 Å². The topological polar surface area (TPSA) is 56.0 Å². The largest absolute Gasteiger partial charge is 0.339 e. The average molecular weight is 349 g/mol. The van der Waals surface area contributed by atoms with Gasteiger partial charge in [-0.25, -0.2) is 4.98 Å². The first kappa shape index (κ1) is 16.6. The van der Waals surface area contributed by atoms with E-state index in [1.807, 2.05) is 59.2 Å². The Morgan fingerprint density at radius 2 is 2.04 bits per heavy atom. The van der Waals surface area contributed by atoms with E-state index < -0.39 is 0 Å². The number of hydrogen-bond acceptors (Lipinski definition) is 3. The van der Waals surface area contributed by atoms with Crippen LogP contribution >= 0.6 is 0 Å². The van der Waals surface area contributed by atoms with Gasteiger partial charge in [-0.15, -0.1) is 0 Å². The Kier molecular flexibility index (Phi) is 4.56. The van der Waals surface area contributed by atoms with Crippen LogP contribution in [0.3, 0.4) is 0 Å². The number of pyridine rings is 1. The average Bonchev–Trinajstić information content (AvgIpc) is 3.31. The molecule has 6 heteroatoms. The SMILES string of the molecule is Cc1nccn1[C@@H]1CCCN(C(=O)c2cccn2Cc2ccncc2)C1. The Hall–Kier alpha value is -2.89. The summed E-state index contributed by atoms with van der Waals surface area (Å²) in [6, 6.07) is 8.12. The number of aryl methyl sites for hydroxylation is 1. The molecule has 0 N–H and O–H groups in total. The number of amides is 1. The lowest BCUT2D eigenvalue weighted by Crippen LogP contribution is -2.41. The zero-order valence-corrected chi connectivity index (χ0v) is 15.0. The minimum atomic E-state index is 0.103. The van der Waals surface area contributed by atoms with E-state index in [2.05, 4.69) is 14.5 Å². The number of hydrogen-bond donors (Lipinski definition) is 0. The van der Waals surface area contributed by atoms with Gasteiger partial charge in [0.1, 0.15) is 11.5 Å². The molecule has 0 aliphatic carbocycles. The highest BCUT2D eigenvalue weighted by Crippen LogP contribution is 2.24. The lowest BCUT2D eigenvalue weighted by molar-refractivity contribution is 0.0668. The summed E-state index contributed by atoms with van der Waals surface area (Å²) in [5.41, 5.74) is 1.88. The quantitative estimate of drug-likeness (QED) is 0.728. The molecule has 0 saturated carbocycles. The zero-order chi connectivity index (χ0) is 17.9. The van der Waals surface area contributed by atoms with Gasteiger partial charge in [0.2, 0.25) is 0 Å². The van der Waals surface area contributed by atoms with Crippen molar-refractivity contribution in [3.05, 3.63) is 72.3 Å². The second-order valence-corrected chi connectivity index (χ2v) is 6.81. The van der Waals surface area contributed by atoms with Crippen LogP contribution in [0, 0.1) is 6.92 Å². The standard InChI is InChI=1S/C20H23N5O/c1-16-22-10-13-25(16)18-4-2-12-24(15-18)20(26)19-5-3-11-23(19)14-17-6-8-21-9-7-17/h3,5-11,13,18H,2,4,12,14-15H2,1H3/t18-/m1/s1. The van der Waals surface area contributed by atoms with Crippen LogP contribution in [0.1, 0.15) is 40.8 Å². The number of rotatable bonds is 4. The number of carbonyl (C=O) groups is 1. The summed E-state index contributed by atoms with van der Waals surface area (Å²) in [6.07, 6.45) is 11.5. The molecule has 4 heterocycles. The fourth-order valence-electron chi connectivity index (χ4n) is 3.73. The first-order valence-corrected chi connectivity index (χ1v) is 9.05. The summed E-state index contributed by atoms with van der Waals surface area (Å²) < 4.78 is 4.21. The molecule has 1 aliphatic heterocycles. The number of nitrogens with zero attached hydrogens (tertiary/aromatic N) is 5. The molecule has 0 radical (unpaired) electrons. The fourth-order valence-corrected chi connectivity index (χ4v) is 3.73. The van der Waals surface area contributed by atoms with Crippen LogP contribution in [0.4, 0.5) is 0 Å². The maximum atomic E-state index is 13.1. The Balaban J connectivity index is 1.51. The van der Waals surface area contributed by atoms with E-state index in [1.165, 1.54) is 0 Å². The lowest BCUT2D eigenvalue weighted by atomic mass is 10.0. The molecule has 1 saturated heterocycles. The lowest BCUT2D eigenvalue weighted by Gasteiger charge is -2.34. The van der Waals surface area contributed by atoms with E-state index in [1.54, 1.807) is 12.4 Å². The first-order valence-electron chi connectivity index (χ1n) is 9.05. The zero-order valence-electron chi connectivity index (χ0n) is 15.0. The van der Waals surface area contributed by atoms with Crippen molar-refractivity contribution in [1.82, 2.24) is 24.0 Å². The van der Waals surface area contributed by atoms with E-state index in [0.29, 0.717) is 12.6 Å². The fraction of sp³-hybridized carbons (Fsp3) is 0.350. The van der Waals surface area contributed by atoms with E-state index in [4.69, 9.17) is 0 Å². The highest BCUT2D eigenvalue weighted by molar-refractivity contribution is 5.92. The highest BCUT2D eigenvalue weighted by atomic mass is 16.2. The van der Waals surface area contributed by atoms with Crippen molar-refractivity contribution >= 4 is 5.91 Å². The van der Waals surface area contributed by atoms with Crippen molar-refractivity contribution in [3.63, 3.8) is 0 Å². The third-order valence-corrected chi connectivity index (χ3v) is 5.09. The predicted molar refractivity (Wildman–Crippen MR) is 98.9 cm³/mol. The number of piperidine rings is 1. The predicted octanol–water partition coefficient (Wildman–Crippen LogP) is 2.91. The molecule has 1 aliphatic rings. The second kappa shape index (κ2) is 7.15. The number of aromatic nitrogens is 4. The molecular weight excluding hydrogens is 326 g/mol. The Labute approximate surface area is 153 Å². The number of carbonyl (C=O) groups excluding carboxylic acids is 1. The molecule has 3 aromatic rings. The van der Waals surface area contributed by atoms with E-state index in [0.717, 1.165) is 43.0 Å². The molecule has 1 atom stereocenters. The molecule has 26 heavy (non-hydrogen) atoms. The van der Waals surface area contributed by atoms with Crippen LogP contribution in [0.25, 0.3) is 0 Å². The van der Waals surface area contributed by atoms with Gasteiger partial charge < -0.3 is 14.0 Å². The van der Waals surface area contributed by atoms with Crippen LogP contribution in [-0.2, 0) is 6.54 Å². The molecule has 134 valence electrons. The van der Waals surface area contributed by atoms with Gasteiger partial charge >= 0.3 is 0 Å². The van der Waals surface area contributed by atoms with Crippen LogP contribution in [0.5, 0.6) is 0 Å². The molecule has 0 aromatic carbocycles. The molecule has 1 fully saturated rings. The summed E-state index contributed by atoms with van der Waals surface area (Å²) >= 11 is 0. The maximum Gasteiger partial charge on any atom is 0.270 e. The van der Waals surface area contributed by atoms with Crippen molar-refractivity contribution in [2.45, 2.75) is 32.4 Å². The summed E-state index contributed by atoms with van der Waals surface area (Å²) in [6.45, 7) is 4.23. The Morgan fingerprint density at radius 3 is 2.81 bits per heavy atom. The van der Waals surface area contributed by atoms with Crippen LogP contribution in [0.15, 0.2) is 55.2 Å². The van der Waals surface area contributed by atoms with Gasteiger partial charge in [-0.3, -0.25) is 9.78 Å². The van der Waals surface area contributed by atoms with Crippen LogP contribution in [0.2, 0.25) is 0 Å². The van der Waals surface area contributed by atoms with E-state index in [9.17, 15) is 4.79 Å². The van der Waals surface area contributed by atoms with Crippen LogP contribution < -0.4 is 0 Å². The molecule has 0 spiro atoms. The Bertz CT molecular complexity index is 883. The summed E-state index contributed by atoms with van der Waals surface area (Å²) in [4.78, 5) is 23.5. The molecule has 3 aromatic heterocycles. The number of imidazole rings is 1. The molecule has 4 rings (SSSR count). The highest BCUT2D eigenvalue weighted by Gasteiger charge is 2.27. The van der Waals surface area contributed by atoms with Crippen molar-refractivity contribution in [2.75, 3.05) is 13.1 Å². The smallest absolute Gasteiger partial charge is 0.270 e. The van der Waals surface area contributed by atoms with Gasteiger partial charge in [0.25, 0.3) is 5.91 Å². The second-order valence-electron chi connectivity index (χ2n) is 6.81. The normalized spacial score (nSPS) is 17.4. The van der Waals surface area contributed by atoms with Crippen molar-refractivity contribution < 1.29 is 4.79 Å². The van der Waals surface area contributed by atoms with Crippen molar-refractivity contribution in [3.8, 4) is 0 Å². The first-order chi connectivity index (χ1) is 12.7. The molecule has 6 nitrogen and oxygen atoms in total. The van der Waals surface area contributed by atoms with Crippen LogP contribution in [-0.4, -0.2) is 43.0 Å². The van der Waals surface area contributed by atoms with Gasteiger partial charge in [0.15, 0.2) is 0 Å². The molecule has 0 unspecified atom stereocenters. The monoisotopic (exact) mass is 349 g/mol. The summed E-state index contributed by atoms with van der Waals surface area (Å²) in [7, 11) is 0. The van der Waals surface area contributed by atoms with Gasteiger partial charge in [-0.05, 0) is 49.6 Å². The minimum Gasteiger partial charge on any atom is -0.339 e. The Morgan fingerprint density at radius 1 is 1.19 bits per heavy atom. The maximum absolute atomic E-state index is 13.1. The van der Waals surface area contributed by atoms with E-state index in [-0.39, 0.29) is 5.91 Å².